The van der Waals surface area contributed by atoms with Gasteiger partial charge in [0.15, 0.2) is 0 Å². The first-order valence-electron chi connectivity index (χ1n) is 7.25. The molecule has 3 rings (SSSR count). The van der Waals surface area contributed by atoms with Crippen molar-refractivity contribution in [1.29, 1.82) is 0 Å². The Kier molecular flexibility index (Phi) is 4.93. The molecule has 0 radical (unpaired) electrons. The molecule has 0 aliphatic rings. The maximum Gasteiger partial charge on any atom is 0.210 e. The van der Waals surface area contributed by atoms with Crippen LogP contribution in [0.5, 0.6) is 5.75 Å². The van der Waals surface area contributed by atoms with E-state index in [9.17, 15) is 0 Å². The highest BCUT2D eigenvalue weighted by Gasteiger charge is 2.08. The molecule has 0 saturated heterocycles. The smallest absolute Gasteiger partial charge is 0.210 e. The van der Waals surface area contributed by atoms with Crippen LogP contribution in [0.4, 0.5) is 10.8 Å². The number of nitrogens with one attached hydrogen (secondary N) is 1. The minimum absolute atomic E-state index is 0.648. The van der Waals surface area contributed by atoms with E-state index in [2.05, 4.69) is 44.4 Å². The standard InChI is InChI=1S/C17H16BrN3OS/c1-3-22-14-6-4-5-12(10-14)16-20-21-17(23-16)19-13-7-8-15(18)11(2)9-13/h4-10H,3H2,1-2H3,(H,19,21). The number of hydrogen-bond acceptors (Lipinski definition) is 5. The van der Waals surface area contributed by atoms with Crippen molar-refractivity contribution in [2.45, 2.75) is 13.8 Å². The summed E-state index contributed by atoms with van der Waals surface area (Å²) in [4.78, 5) is 0. The van der Waals surface area contributed by atoms with Crippen molar-refractivity contribution in [2.24, 2.45) is 0 Å². The number of anilines is 2. The van der Waals surface area contributed by atoms with E-state index in [1.54, 1.807) is 0 Å². The number of rotatable bonds is 5. The zero-order chi connectivity index (χ0) is 16.2. The minimum atomic E-state index is 0.648. The molecule has 0 amide bonds. The number of aryl methyl sites for hydroxylation is 1. The molecule has 0 spiro atoms. The van der Waals surface area contributed by atoms with Gasteiger partial charge in [0.25, 0.3) is 0 Å². The van der Waals surface area contributed by atoms with Gasteiger partial charge in [-0.25, -0.2) is 0 Å². The lowest BCUT2D eigenvalue weighted by atomic mass is 10.2. The van der Waals surface area contributed by atoms with E-state index in [0.29, 0.717) is 6.61 Å². The van der Waals surface area contributed by atoms with Crippen molar-refractivity contribution in [1.82, 2.24) is 10.2 Å². The van der Waals surface area contributed by atoms with E-state index in [4.69, 9.17) is 4.74 Å². The molecular formula is C17H16BrN3OS. The van der Waals surface area contributed by atoms with E-state index in [0.717, 1.165) is 31.6 Å². The molecular weight excluding hydrogens is 374 g/mol. The predicted octanol–water partition coefficient (Wildman–Crippen LogP) is 5.42. The molecule has 0 aliphatic heterocycles. The van der Waals surface area contributed by atoms with Crippen LogP contribution in [0.3, 0.4) is 0 Å². The average molecular weight is 390 g/mol. The maximum absolute atomic E-state index is 5.53. The second-order valence-electron chi connectivity index (χ2n) is 4.96. The summed E-state index contributed by atoms with van der Waals surface area (Å²) >= 11 is 5.02. The molecule has 23 heavy (non-hydrogen) atoms. The van der Waals surface area contributed by atoms with Gasteiger partial charge in [-0.05, 0) is 49.7 Å². The second kappa shape index (κ2) is 7.10. The van der Waals surface area contributed by atoms with E-state index in [-0.39, 0.29) is 0 Å². The third kappa shape index (κ3) is 3.89. The van der Waals surface area contributed by atoms with Crippen LogP contribution < -0.4 is 10.1 Å². The van der Waals surface area contributed by atoms with E-state index in [1.807, 2.05) is 43.3 Å². The van der Waals surface area contributed by atoms with Crippen molar-refractivity contribution >= 4 is 38.1 Å². The van der Waals surface area contributed by atoms with Gasteiger partial charge in [-0.2, -0.15) is 0 Å². The van der Waals surface area contributed by atoms with Crippen LogP contribution in [0, 0.1) is 6.92 Å². The van der Waals surface area contributed by atoms with Crippen LogP contribution in [0.2, 0.25) is 0 Å². The Morgan fingerprint density at radius 3 is 2.83 bits per heavy atom. The quantitative estimate of drug-likeness (QED) is 0.632. The van der Waals surface area contributed by atoms with Gasteiger partial charge < -0.3 is 10.1 Å². The number of ether oxygens (including phenoxy) is 1. The molecule has 118 valence electrons. The Morgan fingerprint density at radius 2 is 2.04 bits per heavy atom. The highest BCUT2D eigenvalue weighted by Crippen LogP contribution is 2.31. The molecule has 0 saturated carbocycles. The zero-order valence-corrected chi connectivity index (χ0v) is 15.2. The first kappa shape index (κ1) is 16.0. The summed E-state index contributed by atoms with van der Waals surface area (Å²) in [5, 5.41) is 13.4. The summed E-state index contributed by atoms with van der Waals surface area (Å²) in [6.07, 6.45) is 0. The summed E-state index contributed by atoms with van der Waals surface area (Å²) in [5.74, 6) is 0.846. The summed E-state index contributed by atoms with van der Waals surface area (Å²) < 4.78 is 6.62. The largest absolute Gasteiger partial charge is 0.494 e. The fraction of sp³-hybridized carbons (Fsp3) is 0.176. The third-order valence-electron chi connectivity index (χ3n) is 3.23. The fourth-order valence-corrected chi connectivity index (χ4v) is 3.13. The number of halogens is 1. The van der Waals surface area contributed by atoms with Gasteiger partial charge in [0.2, 0.25) is 5.13 Å². The first-order valence-corrected chi connectivity index (χ1v) is 8.86. The van der Waals surface area contributed by atoms with Crippen molar-refractivity contribution in [3.63, 3.8) is 0 Å². The van der Waals surface area contributed by atoms with Crippen LogP contribution in [0.1, 0.15) is 12.5 Å². The molecule has 1 heterocycles. The van der Waals surface area contributed by atoms with Crippen molar-refractivity contribution in [3.05, 3.63) is 52.5 Å². The molecule has 0 unspecified atom stereocenters. The van der Waals surface area contributed by atoms with Crippen LogP contribution >= 0.6 is 27.3 Å². The average Bonchev–Trinajstić information content (AvgIpc) is 3.00. The van der Waals surface area contributed by atoms with Crippen LogP contribution in [0.15, 0.2) is 46.9 Å². The monoisotopic (exact) mass is 389 g/mol. The number of benzene rings is 2. The highest BCUT2D eigenvalue weighted by atomic mass is 79.9. The first-order chi connectivity index (χ1) is 11.2. The van der Waals surface area contributed by atoms with E-state index >= 15 is 0 Å². The van der Waals surface area contributed by atoms with Crippen molar-refractivity contribution < 1.29 is 4.74 Å². The lowest BCUT2D eigenvalue weighted by Gasteiger charge is -2.04. The molecule has 2 aromatic carbocycles. The van der Waals surface area contributed by atoms with E-state index in [1.165, 1.54) is 16.9 Å². The molecule has 0 atom stereocenters. The molecule has 0 fully saturated rings. The predicted molar refractivity (Wildman–Crippen MR) is 98.7 cm³/mol. The molecule has 0 aliphatic carbocycles. The fourth-order valence-electron chi connectivity index (χ4n) is 2.12. The van der Waals surface area contributed by atoms with Gasteiger partial charge in [0.1, 0.15) is 10.8 Å². The van der Waals surface area contributed by atoms with Crippen LogP contribution in [-0.2, 0) is 0 Å². The Balaban J connectivity index is 1.80. The number of nitrogens with zero attached hydrogens (tertiary/aromatic N) is 2. The molecule has 4 nitrogen and oxygen atoms in total. The van der Waals surface area contributed by atoms with Gasteiger partial charge in [0, 0.05) is 15.7 Å². The Morgan fingerprint density at radius 1 is 1.17 bits per heavy atom. The van der Waals surface area contributed by atoms with Gasteiger partial charge >= 0.3 is 0 Å². The third-order valence-corrected chi connectivity index (χ3v) is 5.00. The second-order valence-corrected chi connectivity index (χ2v) is 6.79. The summed E-state index contributed by atoms with van der Waals surface area (Å²) in [5.41, 5.74) is 3.18. The Labute approximate surface area is 147 Å². The number of hydrogen-bond donors (Lipinski definition) is 1. The van der Waals surface area contributed by atoms with Gasteiger partial charge in [-0.15, -0.1) is 10.2 Å². The van der Waals surface area contributed by atoms with Gasteiger partial charge in [0.05, 0.1) is 6.61 Å². The van der Waals surface area contributed by atoms with Crippen LogP contribution in [0.25, 0.3) is 10.6 Å². The summed E-state index contributed by atoms with van der Waals surface area (Å²) in [6, 6.07) is 14.0. The zero-order valence-electron chi connectivity index (χ0n) is 12.8. The van der Waals surface area contributed by atoms with Crippen LogP contribution in [-0.4, -0.2) is 16.8 Å². The molecule has 1 N–H and O–H groups in total. The van der Waals surface area contributed by atoms with Gasteiger partial charge in [-0.1, -0.05) is 39.4 Å². The van der Waals surface area contributed by atoms with Gasteiger partial charge in [-0.3, -0.25) is 0 Å². The molecule has 3 aromatic rings. The molecule has 6 heteroatoms. The highest BCUT2D eigenvalue weighted by molar-refractivity contribution is 9.10. The minimum Gasteiger partial charge on any atom is -0.494 e. The lowest BCUT2D eigenvalue weighted by molar-refractivity contribution is 0.340. The SMILES string of the molecule is CCOc1cccc(-c2nnc(Nc3ccc(Br)c(C)c3)s2)c1. The van der Waals surface area contributed by atoms with Crippen molar-refractivity contribution in [3.8, 4) is 16.3 Å². The normalized spacial score (nSPS) is 10.6. The molecule has 0 bridgehead atoms. The number of aromatic nitrogens is 2. The topological polar surface area (TPSA) is 47.0 Å². The van der Waals surface area contributed by atoms with Crippen molar-refractivity contribution in [2.75, 3.05) is 11.9 Å². The summed E-state index contributed by atoms with van der Waals surface area (Å²) in [6.45, 7) is 4.68. The molecule has 1 aromatic heterocycles. The maximum atomic E-state index is 5.53. The Hall–Kier alpha value is -1.92. The van der Waals surface area contributed by atoms with E-state index < -0.39 is 0 Å². The summed E-state index contributed by atoms with van der Waals surface area (Å²) in [7, 11) is 0. The lowest BCUT2D eigenvalue weighted by Crippen LogP contribution is -1.91. The Bertz CT molecular complexity index is 819.